The molecule has 2 N–H and O–H groups in total. The van der Waals surface area contributed by atoms with Crippen molar-refractivity contribution in [2.45, 2.75) is 12.3 Å². The first-order valence-electron chi connectivity index (χ1n) is 6.88. The van der Waals surface area contributed by atoms with Gasteiger partial charge < -0.3 is 5.11 Å². The lowest BCUT2D eigenvalue weighted by Crippen LogP contribution is -2.26. The molecule has 0 aromatic heterocycles. The van der Waals surface area contributed by atoms with Crippen LogP contribution in [0.5, 0.6) is 0 Å². The van der Waals surface area contributed by atoms with Gasteiger partial charge in [0.25, 0.3) is 0 Å². The number of hydrogen-bond acceptors (Lipinski definition) is 2. The van der Waals surface area contributed by atoms with E-state index in [1.54, 1.807) is 0 Å². The largest absolute Gasteiger partial charge is 0.481 e. The van der Waals surface area contributed by atoms with Crippen molar-refractivity contribution < 1.29 is 9.90 Å². The minimum absolute atomic E-state index is 0.0403. The van der Waals surface area contributed by atoms with E-state index in [-0.39, 0.29) is 12.5 Å². The summed E-state index contributed by atoms with van der Waals surface area (Å²) in [5.41, 5.74) is 2.23. The average molecular weight is 304 g/mol. The van der Waals surface area contributed by atoms with E-state index in [2.05, 4.69) is 4.84 Å². The minimum Gasteiger partial charge on any atom is -0.481 e. The molecule has 21 heavy (non-hydrogen) atoms. The number of benzene rings is 2. The van der Waals surface area contributed by atoms with E-state index in [9.17, 15) is 9.90 Å². The fraction of sp³-hybridized carbons (Fsp3) is 0.235. The average Bonchev–Trinajstić information content (AvgIpc) is 2.53. The Bertz CT molecular complexity index is 520. The van der Waals surface area contributed by atoms with Gasteiger partial charge in [-0.05, 0) is 29.3 Å². The first-order chi connectivity index (χ1) is 10.2. The van der Waals surface area contributed by atoms with Gasteiger partial charge in [0.05, 0.1) is 5.92 Å². The van der Waals surface area contributed by atoms with Gasteiger partial charge in [-0.3, -0.25) is 4.79 Å². The maximum absolute atomic E-state index is 11.4. The quantitative estimate of drug-likeness (QED) is 0.768. The predicted octanol–water partition coefficient (Wildman–Crippen LogP) is 3.65. The van der Waals surface area contributed by atoms with Gasteiger partial charge in [0.1, 0.15) is 0 Å². The molecule has 0 aliphatic heterocycles. The Morgan fingerprint density at radius 3 is 1.86 bits per heavy atom. The summed E-state index contributed by atoms with van der Waals surface area (Å²) in [4.78, 5) is 13.8. The van der Waals surface area contributed by atoms with Crippen LogP contribution >= 0.6 is 11.8 Å². The molecule has 0 saturated carbocycles. The molecule has 0 bridgehead atoms. The second-order valence-electron chi connectivity index (χ2n) is 4.98. The lowest BCUT2D eigenvalue weighted by Gasteiger charge is -2.21. The summed E-state index contributed by atoms with van der Waals surface area (Å²) in [5, 5.41) is 9.35. The molecule has 0 radical (unpaired) electrons. The molecule has 3 nitrogen and oxygen atoms in total. The van der Waals surface area contributed by atoms with Gasteiger partial charge in [-0.25, -0.2) is 4.84 Å². The van der Waals surface area contributed by atoms with E-state index < -0.39 is 11.9 Å². The number of carboxylic acids is 1. The zero-order valence-corrected chi connectivity index (χ0v) is 12.3. The molecule has 0 heterocycles. The first-order valence-corrected chi connectivity index (χ1v) is 7.26. The number of carboxylic acid groups (broad SMARTS) is 1. The predicted molar refractivity (Wildman–Crippen MR) is 84.3 cm³/mol. The van der Waals surface area contributed by atoms with Crippen LogP contribution in [0.15, 0.2) is 60.7 Å². The van der Waals surface area contributed by atoms with Crippen molar-refractivity contribution in [2.24, 2.45) is 5.92 Å². The van der Waals surface area contributed by atoms with Gasteiger partial charge in [0, 0.05) is 12.5 Å². The summed E-state index contributed by atoms with van der Waals surface area (Å²) >= 11 is 5.50. The van der Waals surface area contributed by atoms with Crippen LogP contribution in [-0.4, -0.2) is 17.6 Å². The molecule has 2 aromatic carbocycles. The highest BCUT2D eigenvalue weighted by Crippen LogP contribution is 2.31. The normalized spacial score (nSPS) is 12.3. The lowest BCUT2D eigenvalue weighted by atomic mass is 9.83. The van der Waals surface area contributed by atoms with Crippen molar-refractivity contribution >= 4 is 17.7 Å². The molecule has 1 atom stereocenters. The molecular formula is C17H18ClNO2. The Hall–Kier alpha value is -1.84. The van der Waals surface area contributed by atoms with Crippen LogP contribution < -0.4 is 4.84 Å². The fourth-order valence-corrected chi connectivity index (χ4v) is 2.67. The Balaban J connectivity index is 2.30. The monoisotopic (exact) mass is 303 g/mol. The van der Waals surface area contributed by atoms with E-state index in [0.29, 0.717) is 6.42 Å². The molecule has 0 saturated heterocycles. The number of carbonyl (C=O) groups is 1. The van der Waals surface area contributed by atoms with Gasteiger partial charge >= 0.3 is 5.97 Å². The second-order valence-corrected chi connectivity index (χ2v) is 5.25. The smallest absolute Gasteiger partial charge is 0.307 e. The van der Waals surface area contributed by atoms with Crippen molar-refractivity contribution in [3.63, 3.8) is 0 Å². The van der Waals surface area contributed by atoms with Crippen LogP contribution in [0.1, 0.15) is 23.5 Å². The van der Waals surface area contributed by atoms with Gasteiger partial charge in [-0.1, -0.05) is 60.7 Å². The molecule has 4 heteroatoms. The van der Waals surface area contributed by atoms with Gasteiger partial charge in [-0.15, -0.1) is 0 Å². The summed E-state index contributed by atoms with van der Waals surface area (Å²) in [5.74, 6) is -1.33. The zero-order chi connectivity index (χ0) is 15.1. The zero-order valence-electron chi connectivity index (χ0n) is 11.6. The maximum atomic E-state index is 11.4. The van der Waals surface area contributed by atoms with Crippen LogP contribution in [0.3, 0.4) is 0 Å². The molecular weight excluding hydrogens is 286 g/mol. The van der Waals surface area contributed by atoms with E-state index >= 15 is 0 Å². The minimum atomic E-state index is -0.833. The number of hydrogen-bond donors (Lipinski definition) is 2. The molecule has 2 rings (SSSR count). The SMILES string of the molecule is O=C(O)C(CNCl)CC(c1ccccc1)c1ccccc1. The van der Waals surface area contributed by atoms with Crippen molar-refractivity contribution in [3.8, 4) is 0 Å². The van der Waals surface area contributed by atoms with Crippen LogP contribution in [-0.2, 0) is 4.79 Å². The van der Waals surface area contributed by atoms with E-state index in [4.69, 9.17) is 11.8 Å². The topological polar surface area (TPSA) is 49.3 Å². The van der Waals surface area contributed by atoms with Gasteiger partial charge in [0.2, 0.25) is 0 Å². The number of nitrogens with one attached hydrogen (secondary N) is 1. The highest BCUT2D eigenvalue weighted by Gasteiger charge is 2.24. The third kappa shape index (κ3) is 4.31. The molecule has 0 spiro atoms. The van der Waals surface area contributed by atoms with Crippen LogP contribution in [0.2, 0.25) is 0 Å². The van der Waals surface area contributed by atoms with Crippen LogP contribution in [0.25, 0.3) is 0 Å². The van der Waals surface area contributed by atoms with E-state index in [1.807, 2.05) is 60.7 Å². The third-order valence-electron chi connectivity index (χ3n) is 3.60. The standard InChI is InChI=1S/C17H18ClNO2/c18-19-12-15(17(20)21)11-16(13-7-3-1-4-8-13)14-9-5-2-6-10-14/h1-10,15-16,19H,11-12H2,(H,20,21). The Morgan fingerprint density at radius 1 is 1.00 bits per heavy atom. The Kier molecular flexibility index (Phi) is 5.78. The molecule has 110 valence electrons. The Labute approximate surface area is 129 Å². The first kappa shape index (κ1) is 15.5. The van der Waals surface area contributed by atoms with E-state index in [0.717, 1.165) is 11.1 Å². The maximum Gasteiger partial charge on any atom is 0.307 e. The molecule has 0 amide bonds. The highest BCUT2D eigenvalue weighted by molar-refractivity contribution is 6.13. The fourth-order valence-electron chi connectivity index (χ4n) is 2.48. The van der Waals surface area contributed by atoms with Crippen molar-refractivity contribution in [1.82, 2.24) is 4.84 Å². The molecule has 0 fully saturated rings. The summed E-state index contributed by atoms with van der Waals surface area (Å²) in [6, 6.07) is 19.9. The summed E-state index contributed by atoms with van der Waals surface area (Å²) < 4.78 is 0. The lowest BCUT2D eigenvalue weighted by molar-refractivity contribution is -0.141. The van der Waals surface area contributed by atoms with Crippen molar-refractivity contribution in [3.05, 3.63) is 71.8 Å². The van der Waals surface area contributed by atoms with E-state index in [1.165, 1.54) is 0 Å². The number of rotatable bonds is 7. The third-order valence-corrected chi connectivity index (χ3v) is 3.75. The molecule has 1 unspecified atom stereocenters. The van der Waals surface area contributed by atoms with Crippen LogP contribution in [0.4, 0.5) is 0 Å². The summed E-state index contributed by atoms with van der Waals surface area (Å²) in [7, 11) is 0. The van der Waals surface area contributed by atoms with Gasteiger partial charge in [0.15, 0.2) is 0 Å². The number of halogens is 1. The van der Waals surface area contributed by atoms with Crippen LogP contribution in [0, 0.1) is 5.92 Å². The Morgan fingerprint density at radius 2 is 1.48 bits per heavy atom. The summed E-state index contributed by atoms with van der Waals surface area (Å²) in [6.45, 7) is 0.243. The molecule has 0 aliphatic carbocycles. The van der Waals surface area contributed by atoms with Crippen molar-refractivity contribution in [2.75, 3.05) is 6.54 Å². The molecule has 2 aromatic rings. The summed E-state index contributed by atoms with van der Waals surface area (Å²) in [6.07, 6.45) is 0.503. The van der Waals surface area contributed by atoms with Gasteiger partial charge in [-0.2, -0.15) is 0 Å². The highest BCUT2D eigenvalue weighted by atomic mass is 35.5. The number of aliphatic carboxylic acids is 1. The molecule has 0 aliphatic rings. The second kappa shape index (κ2) is 7.81. The van der Waals surface area contributed by atoms with Crippen molar-refractivity contribution in [1.29, 1.82) is 0 Å².